The number of aromatic nitrogens is 2. The number of alkyl halides is 3. The molecule has 2 aliphatic heterocycles. The number of hydrogen-bond donors (Lipinski definition) is 2. The molecule has 3 fully saturated rings. The fourth-order valence-electron chi connectivity index (χ4n) is 6.30. The molecule has 210 valence electrons. The van der Waals surface area contributed by atoms with E-state index in [2.05, 4.69) is 33.8 Å². The quantitative estimate of drug-likeness (QED) is 0.453. The van der Waals surface area contributed by atoms with Gasteiger partial charge >= 0.3 is 11.9 Å². The minimum absolute atomic E-state index is 0.0956. The van der Waals surface area contributed by atoms with E-state index in [0.29, 0.717) is 30.3 Å². The number of rotatable bonds is 8. The number of methoxy groups -OCH3 is 1. The number of fused-ring (bicyclic) bond motifs is 1. The van der Waals surface area contributed by atoms with E-state index < -0.39 is 17.4 Å². The lowest BCUT2D eigenvalue weighted by Crippen LogP contribution is -2.49. The predicted molar refractivity (Wildman–Crippen MR) is 141 cm³/mol. The Morgan fingerprint density at radius 1 is 1.15 bits per heavy atom. The number of halogens is 3. The van der Waals surface area contributed by atoms with E-state index in [1.165, 1.54) is 23.3 Å². The van der Waals surface area contributed by atoms with Crippen molar-refractivity contribution in [2.45, 2.75) is 56.5 Å². The minimum Gasteiger partial charge on any atom is -0.383 e. The molecule has 3 atom stereocenters. The van der Waals surface area contributed by atoms with E-state index in [9.17, 15) is 18.0 Å². The van der Waals surface area contributed by atoms with Crippen molar-refractivity contribution in [2.75, 3.05) is 34.0 Å². The topological polar surface area (TPSA) is 66.2 Å². The molecule has 6 rings (SSSR count). The van der Waals surface area contributed by atoms with Crippen LogP contribution in [0.25, 0.3) is 11.2 Å². The van der Waals surface area contributed by atoms with Gasteiger partial charge in [-0.1, -0.05) is 18.6 Å². The van der Waals surface area contributed by atoms with Gasteiger partial charge in [0.1, 0.15) is 0 Å². The molecule has 0 bridgehead atoms. The molecule has 3 aliphatic rings. The van der Waals surface area contributed by atoms with E-state index in [1.807, 2.05) is 12.1 Å². The van der Waals surface area contributed by atoms with Crippen LogP contribution in [0.1, 0.15) is 48.3 Å². The number of likely N-dealkylation sites (N-methyl/N-ethyl adjacent to an activating group) is 1. The first-order chi connectivity index (χ1) is 18.7. The summed E-state index contributed by atoms with van der Waals surface area (Å²) < 4.78 is 50.4. The lowest BCUT2D eigenvalue weighted by atomic mass is 9.71. The van der Waals surface area contributed by atoms with Crippen molar-refractivity contribution in [2.24, 2.45) is 5.92 Å². The number of benzene rings is 1. The standard InChI is InChI=1S/C28H35F3N6O2/c1-34-17-32-33-26(34)25(19-5-3-6-19)20-7-4-8-21(12-20)36-15-24-23(28(29,30)31)11-18(14-37(24)27(36)38)13-35-10-9-22(35)16-39-2/h4,7-8,11-12,14-15,19,22,25-26,32-33H,3,5-6,9-10,13,16-17H2,1-2H3/t22-,25-,26?/m1/s1. The largest absolute Gasteiger partial charge is 0.418 e. The number of ether oxygens (including phenoxy) is 1. The summed E-state index contributed by atoms with van der Waals surface area (Å²) >= 11 is 0. The van der Waals surface area contributed by atoms with Crippen molar-refractivity contribution in [3.8, 4) is 5.69 Å². The number of pyridine rings is 1. The van der Waals surface area contributed by atoms with E-state index >= 15 is 0 Å². The smallest absolute Gasteiger partial charge is 0.383 e. The summed E-state index contributed by atoms with van der Waals surface area (Å²) in [5.41, 5.74) is 7.23. The molecule has 2 aromatic heterocycles. The molecule has 4 heterocycles. The van der Waals surface area contributed by atoms with Crippen molar-refractivity contribution in [1.82, 2.24) is 29.6 Å². The molecule has 0 spiro atoms. The molecule has 11 heteroatoms. The average molecular weight is 545 g/mol. The first-order valence-electron chi connectivity index (χ1n) is 13.6. The highest BCUT2D eigenvalue weighted by atomic mass is 19.4. The van der Waals surface area contributed by atoms with Crippen LogP contribution in [0.3, 0.4) is 0 Å². The molecule has 39 heavy (non-hydrogen) atoms. The highest BCUT2D eigenvalue weighted by molar-refractivity contribution is 5.58. The zero-order chi connectivity index (χ0) is 27.3. The van der Waals surface area contributed by atoms with Crippen LogP contribution in [-0.2, 0) is 17.5 Å². The van der Waals surface area contributed by atoms with Gasteiger partial charge in [0, 0.05) is 44.6 Å². The molecule has 1 saturated carbocycles. The Morgan fingerprint density at radius 2 is 1.97 bits per heavy atom. The van der Waals surface area contributed by atoms with Gasteiger partial charge in [0.2, 0.25) is 0 Å². The highest BCUT2D eigenvalue weighted by Crippen LogP contribution is 2.42. The van der Waals surface area contributed by atoms with Crippen LogP contribution in [-0.4, -0.2) is 65.0 Å². The fraction of sp³-hybridized carbons (Fsp3) is 0.536. The summed E-state index contributed by atoms with van der Waals surface area (Å²) in [6, 6.07) is 9.06. The third-order valence-electron chi connectivity index (χ3n) is 8.72. The van der Waals surface area contributed by atoms with E-state index in [-0.39, 0.29) is 23.6 Å². The monoisotopic (exact) mass is 544 g/mol. The molecule has 1 unspecified atom stereocenters. The summed E-state index contributed by atoms with van der Waals surface area (Å²) in [5.74, 6) is 0.702. The maximum absolute atomic E-state index is 14.2. The van der Waals surface area contributed by atoms with Crippen LogP contribution in [0.15, 0.2) is 47.5 Å². The fourth-order valence-corrected chi connectivity index (χ4v) is 6.30. The molecule has 1 aliphatic carbocycles. The van der Waals surface area contributed by atoms with Crippen molar-refractivity contribution in [3.05, 3.63) is 69.9 Å². The molecule has 1 aromatic carbocycles. The molecule has 0 amide bonds. The Morgan fingerprint density at radius 3 is 2.59 bits per heavy atom. The van der Waals surface area contributed by atoms with Gasteiger partial charge in [-0.05, 0) is 61.6 Å². The lowest BCUT2D eigenvalue weighted by Gasteiger charge is -2.40. The average Bonchev–Trinajstić information content (AvgIpc) is 3.44. The normalized spacial score (nSPS) is 23.7. The molecule has 2 N–H and O–H groups in total. The summed E-state index contributed by atoms with van der Waals surface area (Å²) in [6.07, 6.45) is 2.79. The predicted octanol–water partition coefficient (Wildman–Crippen LogP) is 3.54. The SMILES string of the molecule is COC[C@H]1CCN1Cc1cc(C(F)(F)F)c2cn(-c3cccc([C@@H](C4CCC4)C4NNCN4C)c3)c(=O)n2c1. The van der Waals surface area contributed by atoms with Gasteiger partial charge in [-0.2, -0.15) is 13.2 Å². The van der Waals surface area contributed by atoms with Crippen LogP contribution < -0.4 is 16.5 Å². The second kappa shape index (κ2) is 10.4. The molecule has 2 saturated heterocycles. The third kappa shape index (κ3) is 4.91. The van der Waals surface area contributed by atoms with Crippen LogP contribution in [0.2, 0.25) is 0 Å². The first-order valence-corrected chi connectivity index (χ1v) is 13.6. The summed E-state index contributed by atoms with van der Waals surface area (Å²) in [4.78, 5) is 17.9. The van der Waals surface area contributed by atoms with E-state index in [0.717, 1.165) is 42.4 Å². The zero-order valence-corrected chi connectivity index (χ0v) is 22.2. The molecule has 3 aromatic rings. The number of imidazole rings is 1. The highest BCUT2D eigenvalue weighted by Gasteiger charge is 2.39. The van der Waals surface area contributed by atoms with Gasteiger partial charge in [-0.3, -0.25) is 18.8 Å². The minimum atomic E-state index is -4.59. The van der Waals surface area contributed by atoms with E-state index in [4.69, 9.17) is 4.74 Å². The lowest BCUT2D eigenvalue weighted by molar-refractivity contribution is -0.136. The summed E-state index contributed by atoms with van der Waals surface area (Å²) in [7, 11) is 3.68. The van der Waals surface area contributed by atoms with Crippen molar-refractivity contribution < 1.29 is 17.9 Å². The molecular formula is C28H35F3N6O2. The Hall–Kier alpha value is -2.70. The van der Waals surface area contributed by atoms with Gasteiger partial charge in [0.05, 0.1) is 36.2 Å². The van der Waals surface area contributed by atoms with Crippen molar-refractivity contribution >= 4 is 5.52 Å². The van der Waals surface area contributed by atoms with Crippen LogP contribution in [0.5, 0.6) is 0 Å². The van der Waals surface area contributed by atoms with Crippen LogP contribution in [0, 0.1) is 5.92 Å². The van der Waals surface area contributed by atoms with Gasteiger partial charge in [-0.15, -0.1) is 0 Å². The number of hydrogen-bond acceptors (Lipinski definition) is 6. The maximum atomic E-state index is 14.2. The van der Waals surface area contributed by atoms with Gasteiger partial charge < -0.3 is 4.74 Å². The van der Waals surface area contributed by atoms with Gasteiger partial charge in [-0.25, -0.2) is 15.6 Å². The van der Waals surface area contributed by atoms with Crippen LogP contribution >= 0.6 is 0 Å². The zero-order valence-electron chi connectivity index (χ0n) is 22.2. The number of likely N-dealkylation sites (tertiary alicyclic amines) is 1. The molecular weight excluding hydrogens is 509 g/mol. The summed E-state index contributed by atoms with van der Waals surface area (Å²) in [6.45, 7) is 2.38. The number of nitrogens with zero attached hydrogens (tertiary/aromatic N) is 4. The molecule has 0 radical (unpaired) electrons. The number of nitrogens with one attached hydrogen (secondary N) is 2. The Balaban J connectivity index is 1.39. The Bertz CT molecular complexity index is 1400. The number of hydrazine groups is 1. The van der Waals surface area contributed by atoms with Crippen molar-refractivity contribution in [1.29, 1.82) is 0 Å². The van der Waals surface area contributed by atoms with Crippen molar-refractivity contribution in [3.63, 3.8) is 0 Å². The van der Waals surface area contributed by atoms with Crippen LogP contribution in [0.4, 0.5) is 13.2 Å². The van der Waals surface area contributed by atoms with Gasteiger partial charge in [0.25, 0.3) is 0 Å². The summed E-state index contributed by atoms with van der Waals surface area (Å²) in [5, 5.41) is 0. The third-order valence-corrected chi connectivity index (χ3v) is 8.72. The Labute approximate surface area is 225 Å². The van der Waals surface area contributed by atoms with E-state index in [1.54, 1.807) is 19.4 Å². The second-order valence-corrected chi connectivity index (χ2v) is 11.2. The van der Waals surface area contributed by atoms with Gasteiger partial charge in [0.15, 0.2) is 0 Å². The maximum Gasteiger partial charge on any atom is 0.418 e. The Kier molecular flexibility index (Phi) is 7.05. The molecule has 8 nitrogen and oxygen atoms in total. The first kappa shape index (κ1) is 26.5. The second-order valence-electron chi connectivity index (χ2n) is 11.2.